The van der Waals surface area contributed by atoms with E-state index in [1.54, 1.807) is 0 Å². The molecular formula is C25H23NO. The number of fused-ring (bicyclic) bond motifs is 4. The highest BCUT2D eigenvalue weighted by Crippen LogP contribution is 2.46. The second-order valence-electron chi connectivity index (χ2n) is 7.64. The van der Waals surface area contributed by atoms with E-state index in [0.717, 1.165) is 24.3 Å². The van der Waals surface area contributed by atoms with Gasteiger partial charge in [0.2, 0.25) is 5.88 Å². The van der Waals surface area contributed by atoms with Crippen LogP contribution in [0.25, 0.3) is 11.0 Å². The third-order valence-corrected chi connectivity index (χ3v) is 5.60. The highest BCUT2D eigenvalue weighted by atomic mass is 16.4. The van der Waals surface area contributed by atoms with Gasteiger partial charge in [-0.25, -0.2) is 0 Å². The molecule has 134 valence electrons. The Morgan fingerprint density at radius 2 is 1.56 bits per heavy atom. The summed E-state index contributed by atoms with van der Waals surface area (Å²) in [5.41, 5.74) is 9.89. The molecule has 2 nitrogen and oxygen atoms in total. The van der Waals surface area contributed by atoms with Crippen LogP contribution < -0.4 is 4.90 Å². The summed E-state index contributed by atoms with van der Waals surface area (Å²) in [6.07, 6.45) is 2.01. The summed E-state index contributed by atoms with van der Waals surface area (Å²) >= 11 is 0. The third kappa shape index (κ3) is 2.56. The van der Waals surface area contributed by atoms with Crippen LogP contribution in [0.5, 0.6) is 0 Å². The maximum Gasteiger partial charge on any atom is 0.209 e. The molecule has 2 heteroatoms. The van der Waals surface area contributed by atoms with Crippen LogP contribution in [0, 0.1) is 20.8 Å². The highest BCUT2D eigenvalue weighted by Gasteiger charge is 2.28. The van der Waals surface area contributed by atoms with Crippen molar-refractivity contribution in [2.24, 2.45) is 0 Å². The summed E-state index contributed by atoms with van der Waals surface area (Å²) in [6, 6.07) is 21.8. The monoisotopic (exact) mass is 353 g/mol. The SMILES string of the molecule is Cc1ccc2c(c1)CCc1c(oc3ccc(C)cc13)N2c1ccccc1C. The van der Waals surface area contributed by atoms with E-state index >= 15 is 0 Å². The van der Waals surface area contributed by atoms with Crippen molar-refractivity contribution in [3.05, 3.63) is 88.5 Å². The Balaban J connectivity index is 1.84. The van der Waals surface area contributed by atoms with Gasteiger partial charge >= 0.3 is 0 Å². The molecule has 27 heavy (non-hydrogen) atoms. The number of nitrogens with zero attached hydrogens (tertiary/aromatic N) is 1. The third-order valence-electron chi connectivity index (χ3n) is 5.60. The van der Waals surface area contributed by atoms with Crippen LogP contribution in [-0.4, -0.2) is 0 Å². The molecule has 0 aliphatic carbocycles. The average Bonchev–Trinajstić information content (AvgIpc) is 2.92. The fourth-order valence-corrected chi connectivity index (χ4v) is 4.23. The smallest absolute Gasteiger partial charge is 0.209 e. The van der Waals surface area contributed by atoms with Gasteiger partial charge < -0.3 is 4.42 Å². The summed E-state index contributed by atoms with van der Waals surface area (Å²) in [6.45, 7) is 6.48. The summed E-state index contributed by atoms with van der Waals surface area (Å²) in [7, 11) is 0. The van der Waals surface area contributed by atoms with E-state index in [0.29, 0.717) is 0 Å². The topological polar surface area (TPSA) is 16.4 Å². The van der Waals surface area contributed by atoms with Gasteiger partial charge in [0.15, 0.2) is 0 Å². The minimum absolute atomic E-state index is 0.965. The first-order chi connectivity index (χ1) is 13.1. The van der Waals surface area contributed by atoms with Crippen molar-refractivity contribution in [3.63, 3.8) is 0 Å². The number of aryl methyl sites for hydroxylation is 5. The predicted molar refractivity (Wildman–Crippen MR) is 113 cm³/mol. The summed E-state index contributed by atoms with van der Waals surface area (Å²) in [5, 5.41) is 1.24. The second kappa shape index (κ2) is 6.02. The van der Waals surface area contributed by atoms with Gasteiger partial charge in [-0.05, 0) is 69.0 Å². The van der Waals surface area contributed by atoms with Crippen molar-refractivity contribution in [3.8, 4) is 0 Å². The number of furan rings is 1. The van der Waals surface area contributed by atoms with Crippen molar-refractivity contribution in [2.75, 3.05) is 4.90 Å². The number of para-hydroxylation sites is 1. The predicted octanol–water partition coefficient (Wildman–Crippen LogP) is 6.93. The minimum Gasteiger partial charge on any atom is -0.439 e. The van der Waals surface area contributed by atoms with E-state index in [-0.39, 0.29) is 0 Å². The minimum atomic E-state index is 0.965. The highest BCUT2D eigenvalue weighted by molar-refractivity contribution is 5.92. The molecule has 0 unspecified atom stereocenters. The Labute approximate surface area is 160 Å². The van der Waals surface area contributed by atoms with Crippen molar-refractivity contribution < 1.29 is 4.42 Å². The summed E-state index contributed by atoms with van der Waals surface area (Å²) < 4.78 is 6.46. The zero-order valence-electron chi connectivity index (χ0n) is 16.0. The van der Waals surface area contributed by atoms with Gasteiger partial charge in [0.1, 0.15) is 5.58 Å². The number of hydrogen-bond acceptors (Lipinski definition) is 2. The van der Waals surface area contributed by atoms with Crippen LogP contribution in [0.4, 0.5) is 17.3 Å². The normalized spacial score (nSPS) is 13.4. The van der Waals surface area contributed by atoms with Gasteiger partial charge in [0.25, 0.3) is 0 Å². The molecule has 1 aliphatic heterocycles. The first-order valence-corrected chi connectivity index (χ1v) is 9.59. The fraction of sp³-hybridized carbons (Fsp3) is 0.200. The number of rotatable bonds is 1. The Hall–Kier alpha value is -3.00. The molecule has 0 amide bonds. The van der Waals surface area contributed by atoms with Gasteiger partial charge in [-0.1, -0.05) is 47.5 Å². The molecule has 0 spiro atoms. The quantitative estimate of drug-likeness (QED) is 0.369. The molecule has 3 aromatic carbocycles. The van der Waals surface area contributed by atoms with Crippen LogP contribution in [0.3, 0.4) is 0 Å². The second-order valence-corrected chi connectivity index (χ2v) is 7.64. The number of benzene rings is 3. The molecule has 0 saturated carbocycles. The number of anilines is 3. The van der Waals surface area contributed by atoms with E-state index in [4.69, 9.17) is 4.42 Å². The standard InChI is InChI=1S/C25H23NO/c1-16-8-12-23-19(14-16)10-11-20-21-15-17(2)9-13-24(21)27-25(20)26(23)22-7-5-4-6-18(22)3/h4-9,12-15H,10-11H2,1-3H3. The average molecular weight is 353 g/mol. The molecule has 0 fully saturated rings. The van der Waals surface area contributed by atoms with E-state index < -0.39 is 0 Å². The zero-order valence-corrected chi connectivity index (χ0v) is 16.0. The molecular weight excluding hydrogens is 330 g/mol. The van der Waals surface area contributed by atoms with Crippen molar-refractivity contribution in [1.82, 2.24) is 0 Å². The van der Waals surface area contributed by atoms with Gasteiger partial charge in [0, 0.05) is 10.9 Å². The molecule has 0 radical (unpaired) electrons. The first-order valence-electron chi connectivity index (χ1n) is 9.59. The lowest BCUT2D eigenvalue weighted by Crippen LogP contribution is -2.12. The Kier molecular flexibility index (Phi) is 3.61. The Bertz CT molecular complexity index is 1170. The lowest BCUT2D eigenvalue weighted by Gasteiger charge is -2.25. The van der Waals surface area contributed by atoms with Crippen molar-refractivity contribution in [2.45, 2.75) is 33.6 Å². The molecule has 0 atom stereocenters. The summed E-state index contributed by atoms with van der Waals surface area (Å²) in [4.78, 5) is 2.32. The molecule has 0 bridgehead atoms. The lowest BCUT2D eigenvalue weighted by molar-refractivity contribution is 0.617. The molecule has 5 rings (SSSR count). The maximum atomic E-state index is 6.46. The molecule has 4 aromatic rings. The largest absolute Gasteiger partial charge is 0.439 e. The molecule has 1 aliphatic rings. The molecule has 0 saturated heterocycles. The zero-order chi connectivity index (χ0) is 18.5. The van der Waals surface area contributed by atoms with E-state index in [9.17, 15) is 0 Å². The van der Waals surface area contributed by atoms with Crippen LogP contribution in [0.15, 0.2) is 65.1 Å². The van der Waals surface area contributed by atoms with Gasteiger partial charge in [-0.15, -0.1) is 0 Å². The van der Waals surface area contributed by atoms with E-state index in [2.05, 4.69) is 86.3 Å². The molecule has 1 aromatic heterocycles. The van der Waals surface area contributed by atoms with Gasteiger partial charge in [-0.3, -0.25) is 4.90 Å². The Morgan fingerprint density at radius 1 is 0.778 bits per heavy atom. The van der Waals surface area contributed by atoms with Crippen LogP contribution in [-0.2, 0) is 12.8 Å². The summed E-state index contributed by atoms with van der Waals surface area (Å²) in [5.74, 6) is 0.965. The van der Waals surface area contributed by atoms with Crippen LogP contribution >= 0.6 is 0 Å². The fourth-order valence-electron chi connectivity index (χ4n) is 4.23. The van der Waals surface area contributed by atoms with Crippen LogP contribution in [0.1, 0.15) is 27.8 Å². The Morgan fingerprint density at radius 3 is 2.41 bits per heavy atom. The van der Waals surface area contributed by atoms with Crippen molar-refractivity contribution >= 4 is 28.2 Å². The van der Waals surface area contributed by atoms with E-state index in [1.807, 2.05) is 0 Å². The number of hydrogen-bond donors (Lipinski definition) is 0. The lowest BCUT2D eigenvalue weighted by atomic mass is 10.0. The van der Waals surface area contributed by atoms with Crippen LogP contribution in [0.2, 0.25) is 0 Å². The van der Waals surface area contributed by atoms with Gasteiger partial charge in [-0.2, -0.15) is 0 Å². The first kappa shape index (κ1) is 16.2. The van der Waals surface area contributed by atoms with Crippen molar-refractivity contribution in [1.29, 1.82) is 0 Å². The molecule has 0 N–H and O–H groups in total. The van der Waals surface area contributed by atoms with Gasteiger partial charge in [0.05, 0.1) is 11.4 Å². The molecule has 2 heterocycles. The van der Waals surface area contributed by atoms with E-state index in [1.165, 1.54) is 44.6 Å². The maximum absolute atomic E-state index is 6.46.